The van der Waals surface area contributed by atoms with E-state index in [0.717, 1.165) is 0 Å². The highest BCUT2D eigenvalue weighted by Gasteiger charge is 2.29. The van der Waals surface area contributed by atoms with Crippen LogP contribution in [0.4, 0.5) is 0 Å². The Morgan fingerprint density at radius 3 is 2.52 bits per heavy atom. The van der Waals surface area contributed by atoms with Crippen molar-refractivity contribution in [2.24, 2.45) is 5.92 Å². The maximum Gasteiger partial charge on any atom is 0.316 e. The van der Waals surface area contributed by atoms with Crippen molar-refractivity contribution in [3.8, 4) is 30.6 Å². The molecule has 0 aliphatic rings. The van der Waals surface area contributed by atoms with E-state index >= 15 is 0 Å². The number of carbonyl (C=O) groups excluding carboxylic acids is 1. The summed E-state index contributed by atoms with van der Waals surface area (Å²) in [7, 11) is 1.34. The van der Waals surface area contributed by atoms with Crippen molar-refractivity contribution in [2.45, 2.75) is 19.8 Å². The van der Waals surface area contributed by atoms with Gasteiger partial charge in [0.15, 0.2) is 12.4 Å². The molecule has 0 N–H and O–H groups in total. The summed E-state index contributed by atoms with van der Waals surface area (Å²) in [4.78, 5) is 11.6. The van der Waals surface area contributed by atoms with E-state index in [9.17, 15) is 4.79 Å². The molecule has 0 aliphatic carbocycles. The molecule has 0 saturated heterocycles. The predicted octanol–water partition coefficient (Wildman–Crippen LogP) is 2.61. The van der Waals surface area contributed by atoms with Crippen LogP contribution in [0.1, 0.15) is 25.5 Å². The first-order valence-electron chi connectivity index (χ1n) is 6.11. The van der Waals surface area contributed by atoms with Crippen molar-refractivity contribution >= 4 is 21.9 Å². The normalized spacial score (nSPS) is 10.6. The van der Waals surface area contributed by atoms with Gasteiger partial charge in [0.05, 0.1) is 12.4 Å². The average molecular weight is 356 g/mol. The number of carbonyl (C=O) groups is 1. The molecular weight excluding hydrogens is 338 g/mol. The number of halogens is 1. The molecule has 6 heteroatoms. The lowest BCUT2D eigenvalue weighted by atomic mass is 9.93. The van der Waals surface area contributed by atoms with Gasteiger partial charge in [-0.1, -0.05) is 41.6 Å². The summed E-state index contributed by atoms with van der Waals surface area (Å²) in [5.74, 6) is 4.54. The standard InChI is InChI=1S/C12H15NO4.C3H3Br/c1-5-6-16-10-7-9(17-13-10)11(8(2)3)12(14)15-4;1-2-3-4/h1,7-8,11H,6H2,2-4H3;1H,3H2. The Hall–Kier alpha value is -1.92. The Bertz CT molecular complexity index is 510. The highest BCUT2D eigenvalue weighted by atomic mass is 79.9. The molecule has 21 heavy (non-hydrogen) atoms. The number of aromatic nitrogens is 1. The van der Waals surface area contributed by atoms with Crippen LogP contribution in [-0.2, 0) is 9.53 Å². The quantitative estimate of drug-likeness (QED) is 0.461. The summed E-state index contributed by atoms with van der Waals surface area (Å²) in [5.41, 5.74) is 0. The Labute approximate surface area is 133 Å². The number of terminal acetylenes is 2. The zero-order chi connectivity index (χ0) is 16.3. The molecule has 0 aliphatic heterocycles. The fourth-order valence-corrected chi connectivity index (χ4v) is 1.45. The van der Waals surface area contributed by atoms with Crippen LogP contribution in [0.25, 0.3) is 0 Å². The van der Waals surface area contributed by atoms with E-state index < -0.39 is 5.92 Å². The van der Waals surface area contributed by atoms with Crippen LogP contribution in [0.2, 0.25) is 0 Å². The topological polar surface area (TPSA) is 61.6 Å². The minimum absolute atomic E-state index is 0.0379. The molecule has 0 fully saturated rings. The third-order valence-electron chi connectivity index (χ3n) is 2.32. The number of methoxy groups -OCH3 is 1. The minimum Gasteiger partial charge on any atom is -0.468 e. The van der Waals surface area contributed by atoms with Gasteiger partial charge in [0.2, 0.25) is 0 Å². The maximum atomic E-state index is 11.6. The zero-order valence-corrected chi connectivity index (χ0v) is 13.8. The molecule has 1 aromatic rings. The molecule has 1 atom stereocenters. The van der Waals surface area contributed by atoms with Crippen molar-refractivity contribution in [1.29, 1.82) is 0 Å². The average Bonchev–Trinajstić information content (AvgIpc) is 2.93. The summed E-state index contributed by atoms with van der Waals surface area (Å²) in [5, 5.41) is 4.33. The van der Waals surface area contributed by atoms with Crippen LogP contribution in [0.3, 0.4) is 0 Å². The largest absolute Gasteiger partial charge is 0.468 e. The molecule has 0 radical (unpaired) electrons. The molecule has 0 spiro atoms. The van der Waals surface area contributed by atoms with Crippen molar-refractivity contribution in [3.63, 3.8) is 0 Å². The van der Waals surface area contributed by atoms with Gasteiger partial charge in [-0.25, -0.2) is 0 Å². The Morgan fingerprint density at radius 2 is 2.10 bits per heavy atom. The van der Waals surface area contributed by atoms with Crippen LogP contribution in [0.5, 0.6) is 5.88 Å². The van der Waals surface area contributed by atoms with Gasteiger partial charge in [0.1, 0.15) is 5.92 Å². The van der Waals surface area contributed by atoms with Crippen molar-refractivity contribution in [3.05, 3.63) is 11.8 Å². The molecular formula is C15H18BrNO4. The van der Waals surface area contributed by atoms with Gasteiger partial charge in [0, 0.05) is 6.07 Å². The lowest BCUT2D eigenvalue weighted by molar-refractivity contribution is -0.144. The molecule has 114 valence electrons. The third kappa shape index (κ3) is 6.87. The van der Waals surface area contributed by atoms with E-state index in [0.29, 0.717) is 11.1 Å². The fraction of sp³-hybridized carbons (Fsp3) is 0.467. The van der Waals surface area contributed by atoms with E-state index in [1.165, 1.54) is 7.11 Å². The summed E-state index contributed by atoms with van der Waals surface area (Å²) in [6, 6.07) is 1.55. The van der Waals surface area contributed by atoms with Crippen molar-refractivity contribution < 1.29 is 18.8 Å². The molecule has 0 aromatic carbocycles. The monoisotopic (exact) mass is 355 g/mol. The second-order valence-corrected chi connectivity index (χ2v) is 4.70. The van der Waals surface area contributed by atoms with E-state index in [-0.39, 0.29) is 24.4 Å². The number of alkyl halides is 1. The molecule has 1 unspecified atom stereocenters. The number of hydrogen-bond donors (Lipinski definition) is 0. The third-order valence-corrected chi connectivity index (χ3v) is 2.64. The zero-order valence-electron chi connectivity index (χ0n) is 12.3. The van der Waals surface area contributed by atoms with Gasteiger partial charge in [-0.15, -0.1) is 12.8 Å². The van der Waals surface area contributed by atoms with Crippen LogP contribution in [0.15, 0.2) is 10.6 Å². The second-order valence-electron chi connectivity index (χ2n) is 4.14. The maximum absolute atomic E-state index is 11.6. The van der Waals surface area contributed by atoms with Crippen LogP contribution in [0, 0.1) is 30.6 Å². The predicted molar refractivity (Wildman–Crippen MR) is 83.1 cm³/mol. The number of esters is 1. The van der Waals surface area contributed by atoms with E-state index in [1.807, 2.05) is 13.8 Å². The first kappa shape index (κ1) is 19.1. The molecule has 1 aromatic heterocycles. The van der Waals surface area contributed by atoms with Gasteiger partial charge >= 0.3 is 5.97 Å². The lowest BCUT2D eigenvalue weighted by Crippen LogP contribution is -2.19. The fourth-order valence-electron chi connectivity index (χ4n) is 1.45. The molecule has 1 heterocycles. The number of rotatable bonds is 5. The molecule has 0 bridgehead atoms. The van der Waals surface area contributed by atoms with Crippen LogP contribution < -0.4 is 4.74 Å². The van der Waals surface area contributed by atoms with E-state index in [4.69, 9.17) is 26.8 Å². The second kappa shape index (κ2) is 10.8. The Kier molecular flexibility index (Phi) is 9.83. The Balaban J connectivity index is 0.000000885. The first-order chi connectivity index (χ1) is 10.0. The summed E-state index contributed by atoms with van der Waals surface area (Å²) >= 11 is 3.01. The summed E-state index contributed by atoms with van der Waals surface area (Å²) in [6.07, 6.45) is 9.78. The number of nitrogens with zero attached hydrogens (tertiary/aromatic N) is 1. The summed E-state index contributed by atoms with van der Waals surface area (Å²) < 4.78 is 14.9. The lowest BCUT2D eigenvalue weighted by Gasteiger charge is -2.14. The van der Waals surface area contributed by atoms with Gasteiger partial charge < -0.3 is 14.0 Å². The van der Waals surface area contributed by atoms with E-state index in [2.05, 4.69) is 32.9 Å². The molecule has 0 amide bonds. The van der Waals surface area contributed by atoms with Gasteiger partial charge in [-0.2, -0.15) is 0 Å². The van der Waals surface area contributed by atoms with Crippen molar-refractivity contribution in [1.82, 2.24) is 5.16 Å². The SMILES string of the molecule is C#CCBr.C#CCOc1cc(C(C(=O)OC)C(C)C)on1. The Morgan fingerprint density at radius 1 is 1.48 bits per heavy atom. The van der Waals surface area contributed by atoms with Gasteiger partial charge in [-0.3, -0.25) is 4.79 Å². The van der Waals surface area contributed by atoms with E-state index in [1.54, 1.807) is 6.07 Å². The number of ether oxygens (including phenoxy) is 2. The van der Waals surface area contributed by atoms with Crippen LogP contribution in [-0.4, -0.2) is 30.2 Å². The minimum atomic E-state index is -0.490. The highest BCUT2D eigenvalue weighted by Crippen LogP contribution is 2.28. The molecule has 5 nitrogen and oxygen atoms in total. The molecule has 0 saturated carbocycles. The van der Waals surface area contributed by atoms with Gasteiger partial charge in [0.25, 0.3) is 5.88 Å². The molecule has 1 rings (SSSR count). The van der Waals surface area contributed by atoms with Gasteiger partial charge in [-0.05, 0) is 11.1 Å². The smallest absolute Gasteiger partial charge is 0.316 e. The number of hydrogen-bond acceptors (Lipinski definition) is 5. The first-order valence-corrected chi connectivity index (χ1v) is 7.24. The highest BCUT2D eigenvalue weighted by molar-refractivity contribution is 9.09. The van der Waals surface area contributed by atoms with Crippen molar-refractivity contribution in [2.75, 3.05) is 19.0 Å². The summed E-state index contributed by atoms with van der Waals surface area (Å²) in [6.45, 7) is 3.90. The van der Waals surface area contributed by atoms with Crippen LogP contribution >= 0.6 is 15.9 Å².